The average molecular weight is 418 g/mol. The molecule has 2 aliphatic heterocycles. The Balaban J connectivity index is 1.67. The van der Waals surface area contributed by atoms with Gasteiger partial charge in [0, 0.05) is 12.8 Å². The van der Waals surface area contributed by atoms with Crippen LogP contribution in [0, 0.1) is 0 Å². The molecule has 0 amide bonds. The summed E-state index contributed by atoms with van der Waals surface area (Å²) in [5.74, 6) is 0.317. The molecule has 0 aromatic heterocycles. The first-order chi connectivity index (χ1) is 13.6. The van der Waals surface area contributed by atoms with Gasteiger partial charge in [-0.1, -0.05) is 0 Å². The van der Waals surface area contributed by atoms with Crippen LogP contribution in [0.5, 0.6) is 11.5 Å². The molecule has 0 aliphatic carbocycles. The van der Waals surface area contributed by atoms with E-state index in [1.165, 1.54) is 12.1 Å². The van der Waals surface area contributed by atoms with Crippen LogP contribution < -0.4 is 4.74 Å². The number of alkyl halides is 6. The minimum Gasteiger partial charge on any atom is -0.457 e. The minimum atomic E-state index is -4.51. The van der Waals surface area contributed by atoms with Crippen molar-refractivity contribution in [1.29, 1.82) is 0 Å². The molecular formula is C20H16F6O3. The maximum absolute atomic E-state index is 13.1. The van der Waals surface area contributed by atoms with Crippen LogP contribution in [0.15, 0.2) is 36.4 Å². The van der Waals surface area contributed by atoms with Crippen LogP contribution in [-0.2, 0) is 34.7 Å². The summed E-state index contributed by atoms with van der Waals surface area (Å²) >= 11 is 0. The molecular weight excluding hydrogens is 402 g/mol. The molecule has 0 saturated carbocycles. The maximum atomic E-state index is 13.1. The van der Waals surface area contributed by atoms with Gasteiger partial charge >= 0.3 is 12.4 Å². The lowest BCUT2D eigenvalue weighted by Gasteiger charge is -2.17. The molecule has 0 N–H and O–H groups in total. The van der Waals surface area contributed by atoms with Crippen molar-refractivity contribution >= 4 is 0 Å². The summed E-state index contributed by atoms with van der Waals surface area (Å²) in [5.41, 5.74) is -1.06. The van der Waals surface area contributed by atoms with Crippen molar-refractivity contribution in [2.24, 2.45) is 0 Å². The van der Waals surface area contributed by atoms with E-state index in [-0.39, 0.29) is 47.7 Å². The predicted molar refractivity (Wildman–Crippen MR) is 89.9 cm³/mol. The van der Waals surface area contributed by atoms with Crippen molar-refractivity contribution in [3.8, 4) is 11.5 Å². The molecule has 9 heteroatoms. The van der Waals surface area contributed by atoms with Crippen LogP contribution in [0.25, 0.3) is 0 Å². The smallest absolute Gasteiger partial charge is 0.416 e. The molecule has 2 aliphatic rings. The lowest BCUT2D eigenvalue weighted by molar-refractivity contribution is -0.138. The Kier molecular flexibility index (Phi) is 4.98. The summed E-state index contributed by atoms with van der Waals surface area (Å²) in [6.07, 6.45) is -8.95. The van der Waals surface area contributed by atoms with Crippen LogP contribution in [0.2, 0.25) is 0 Å². The lowest BCUT2D eigenvalue weighted by atomic mass is 10.0. The molecule has 0 radical (unpaired) electrons. The third-order valence-corrected chi connectivity index (χ3v) is 4.70. The molecule has 2 atom stereocenters. The average Bonchev–Trinajstić information content (AvgIpc) is 3.52. The summed E-state index contributed by atoms with van der Waals surface area (Å²) in [6, 6.07) is 6.14. The topological polar surface area (TPSA) is 34.3 Å². The van der Waals surface area contributed by atoms with E-state index in [1.807, 2.05) is 0 Å². The van der Waals surface area contributed by atoms with Crippen LogP contribution in [-0.4, -0.2) is 25.4 Å². The zero-order valence-electron chi connectivity index (χ0n) is 14.9. The van der Waals surface area contributed by atoms with E-state index in [4.69, 9.17) is 14.2 Å². The maximum Gasteiger partial charge on any atom is 0.416 e. The molecule has 2 aromatic rings. The number of hydrogen-bond acceptors (Lipinski definition) is 3. The quantitative estimate of drug-likeness (QED) is 0.466. The molecule has 2 fully saturated rings. The fourth-order valence-electron chi connectivity index (χ4n) is 3.01. The molecule has 2 saturated heterocycles. The lowest BCUT2D eigenvalue weighted by Crippen LogP contribution is -2.09. The standard InChI is InChI=1S/C20H16F6O3/c21-19(22,23)13-1-3-17(11(5-13)7-15-9-27-15)29-18-4-2-14(20(24,25)26)6-12(18)8-16-10-28-16/h1-6,15-16H,7-10H2/t15-,16-/m0/s1. The Hall–Kier alpha value is -2.26. The first-order valence-electron chi connectivity index (χ1n) is 8.91. The first kappa shape index (κ1) is 20.0. The second kappa shape index (κ2) is 7.21. The highest BCUT2D eigenvalue weighted by atomic mass is 19.4. The Labute approximate surface area is 162 Å². The number of benzene rings is 2. The minimum absolute atomic E-state index is 0.159. The monoisotopic (exact) mass is 418 g/mol. The van der Waals surface area contributed by atoms with Gasteiger partial charge in [-0.25, -0.2) is 0 Å². The zero-order valence-corrected chi connectivity index (χ0v) is 14.9. The summed E-state index contributed by atoms with van der Waals surface area (Å²) in [5, 5.41) is 0. The van der Waals surface area contributed by atoms with Gasteiger partial charge < -0.3 is 14.2 Å². The van der Waals surface area contributed by atoms with E-state index < -0.39 is 23.5 Å². The van der Waals surface area contributed by atoms with E-state index >= 15 is 0 Å². The van der Waals surface area contributed by atoms with Gasteiger partial charge in [0.15, 0.2) is 0 Å². The van der Waals surface area contributed by atoms with E-state index in [0.717, 1.165) is 24.3 Å². The van der Waals surface area contributed by atoms with E-state index in [9.17, 15) is 26.3 Å². The van der Waals surface area contributed by atoms with Crippen LogP contribution in [0.3, 0.4) is 0 Å². The first-order valence-corrected chi connectivity index (χ1v) is 8.91. The van der Waals surface area contributed by atoms with E-state index in [2.05, 4.69) is 0 Å². The van der Waals surface area contributed by atoms with Crippen LogP contribution in [0.1, 0.15) is 22.3 Å². The van der Waals surface area contributed by atoms with Crippen molar-refractivity contribution in [3.63, 3.8) is 0 Å². The van der Waals surface area contributed by atoms with Crippen molar-refractivity contribution in [2.75, 3.05) is 13.2 Å². The SMILES string of the molecule is FC(F)(F)c1ccc(Oc2ccc(C(F)(F)F)cc2C[C@H]2CO2)c(C[C@H]2CO2)c1. The molecule has 29 heavy (non-hydrogen) atoms. The summed E-state index contributed by atoms with van der Waals surface area (Å²) < 4.78 is 94.3. The van der Waals surface area contributed by atoms with Crippen molar-refractivity contribution in [2.45, 2.75) is 37.4 Å². The van der Waals surface area contributed by atoms with Gasteiger partial charge in [0.2, 0.25) is 0 Å². The zero-order chi connectivity index (χ0) is 20.8. The van der Waals surface area contributed by atoms with Crippen LogP contribution >= 0.6 is 0 Å². The second-order valence-electron chi connectivity index (χ2n) is 7.06. The van der Waals surface area contributed by atoms with Gasteiger partial charge in [0.25, 0.3) is 0 Å². The number of halogens is 6. The van der Waals surface area contributed by atoms with Crippen molar-refractivity contribution < 1.29 is 40.6 Å². The normalized spacial score (nSPS) is 21.2. The number of ether oxygens (including phenoxy) is 3. The van der Waals surface area contributed by atoms with Gasteiger partial charge in [-0.15, -0.1) is 0 Å². The highest BCUT2D eigenvalue weighted by Gasteiger charge is 2.34. The van der Waals surface area contributed by atoms with Gasteiger partial charge in [-0.05, 0) is 47.5 Å². The van der Waals surface area contributed by atoms with E-state index in [1.54, 1.807) is 0 Å². The number of hydrogen-bond donors (Lipinski definition) is 0. The summed E-state index contributed by atoms with van der Waals surface area (Å²) in [7, 11) is 0. The molecule has 3 nitrogen and oxygen atoms in total. The Morgan fingerprint density at radius 2 is 1.10 bits per heavy atom. The second-order valence-corrected chi connectivity index (χ2v) is 7.06. The van der Waals surface area contributed by atoms with Crippen LogP contribution in [0.4, 0.5) is 26.3 Å². The Morgan fingerprint density at radius 1 is 0.724 bits per heavy atom. The Morgan fingerprint density at radius 3 is 1.41 bits per heavy atom. The molecule has 2 aromatic carbocycles. The molecule has 4 rings (SSSR count). The molecule has 0 unspecified atom stereocenters. The highest BCUT2D eigenvalue weighted by Crippen LogP contribution is 2.39. The van der Waals surface area contributed by atoms with Gasteiger partial charge in [-0.3, -0.25) is 0 Å². The van der Waals surface area contributed by atoms with E-state index in [0.29, 0.717) is 13.2 Å². The molecule has 2 heterocycles. The van der Waals surface area contributed by atoms with Crippen molar-refractivity contribution in [3.05, 3.63) is 58.7 Å². The largest absolute Gasteiger partial charge is 0.457 e. The highest BCUT2D eigenvalue weighted by molar-refractivity contribution is 5.46. The van der Waals surface area contributed by atoms with Gasteiger partial charge in [0.1, 0.15) is 11.5 Å². The van der Waals surface area contributed by atoms with Gasteiger partial charge in [-0.2, -0.15) is 26.3 Å². The molecule has 0 bridgehead atoms. The summed E-state index contributed by atoms with van der Waals surface area (Å²) in [6.45, 7) is 0.889. The third kappa shape index (κ3) is 5.02. The predicted octanol–water partition coefficient (Wildman–Crippen LogP) is 5.40. The molecule has 156 valence electrons. The van der Waals surface area contributed by atoms with Gasteiger partial charge in [0.05, 0.1) is 36.5 Å². The molecule has 0 spiro atoms. The fourth-order valence-corrected chi connectivity index (χ4v) is 3.01. The van der Waals surface area contributed by atoms with Crippen molar-refractivity contribution in [1.82, 2.24) is 0 Å². The number of epoxide rings is 2. The fraction of sp³-hybridized carbons (Fsp3) is 0.400. The third-order valence-electron chi connectivity index (χ3n) is 4.70. The summed E-state index contributed by atoms with van der Waals surface area (Å²) in [4.78, 5) is 0. The Bertz CT molecular complexity index is 825. The number of rotatable bonds is 6.